The average Bonchev–Trinajstić information content (AvgIpc) is 3.37. The number of hydrogen-bond acceptors (Lipinski definition) is 3. The van der Waals surface area contributed by atoms with Crippen molar-refractivity contribution in [1.29, 1.82) is 0 Å². The second kappa shape index (κ2) is 13.6. The van der Waals surface area contributed by atoms with E-state index in [2.05, 4.69) is 62.2 Å². The second-order valence-electron chi connectivity index (χ2n) is 11.8. The molecule has 4 rings (SSSR count). The first kappa shape index (κ1) is 30.1. The molecule has 0 aliphatic rings. The Bertz CT molecular complexity index is 1430. The number of aromatic nitrogens is 1. The standard InChI is InChI=1S/C35H43N3O3/c1-26-11-15-28(16-12-26)34(40)38(20-8-22-41-5)25-33(39)37(24-27-13-17-30(18-14-27)35(2,3)4)21-19-29-23-36-32-10-7-6-9-31(29)32/h6-7,9-18,23,36H,8,19-22,24-25H2,1-5H3. The number of aryl methyl sites for hydroxylation is 1. The first-order valence-corrected chi connectivity index (χ1v) is 14.4. The number of rotatable bonds is 12. The lowest BCUT2D eigenvalue weighted by Gasteiger charge is -2.28. The first-order chi connectivity index (χ1) is 19.7. The van der Waals surface area contributed by atoms with Gasteiger partial charge in [-0.3, -0.25) is 9.59 Å². The van der Waals surface area contributed by atoms with Crippen LogP contribution in [-0.4, -0.2) is 59.9 Å². The Morgan fingerprint density at radius 1 is 0.878 bits per heavy atom. The summed E-state index contributed by atoms with van der Waals surface area (Å²) in [5, 5.41) is 1.17. The van der Waals surface area contributed by atoms with E-state index in [0.29, 0.717) is 44.6 Å². The second-order valence-corrected chi connectivity index (χ2v) is 11.8. The van der Waals surface area contributed by atoms with Gasteiger partial charge in [-0.15, -0.1) is 0 Å². The highest BCUT2D eigenvalue weighted by Crippen LogP contribution is 2.23. The molecule has 0 radical (unpaired) electrons. The summed E-state index contributed by atoms with van der Waals surface area (Å²) >= 11 is 0. The summed E-state index contributed by atoms with van der Waals surface area (Å²) in [5.41, 5.74) is 6.32. The van der Waals surface area contributed by atoms with Crippen LogP contribution in [0.3, 0.4) is 0 Å². The first-order valence-electron chi connectivity index (χ1n) is 14.4. The number of nitrogens with one attached hydrogen (secondary N) is 1. The molecule has 216 valence electrons. The number of carbonyl (C=O) groups is 2. The minimum absolute atomic E-state index is 0.0182. The Balaban J connectivity index is 1.56. The third kappa shape index (κ3) is 8.08. The summed E-state index contributed by atoms with van der Waals surface area (Å²) < 4.78 is 5.24. The minimum Gasteiger partial charge on any atom is -0.385 e. The number of para-hydroxylation sites is 1. The Morgan fingerprint density at radius 3 is 2.27 bits per heavy atom. The molecule has 0 aliphatic carbocycles. The Morgan fingerprint density at radius 2 is 1.59 bits per heavy atom. The highest BCUT2D eigenvalue weighted by molar-refractivity contribution is 5.96. The van der Waals surface area contributed by atoms with E-state index in [1.54, 1.807) is 12.0 Å². The molecule has 0 unspecified atom stereocenters. The van der Waals surface area contributed by atoms with Gasteiger partial charge in [-0.1, -0.05) is 80.9 Å². The quantitative estimate of drug-likeness (QED) is 0.203. The summed E-state index contributed by atoms with van der Waals surface area (Å²) in [6.07, 6.45) is 3.40. The molecule has 3 aromatic carbocycles. The number of carbonyl (C=O) groups excluding carboxylic acids is 2. The van der Waals surface area contributed by atoms with Gasteiger partial charge in [0.25, 0.3) is 5.91 Å². The van der Waals surface area contributed by atoms with E-state index in [4.69, 9.17) is 4.74 Å². The molecule has 1 aromatic heterocycles. The number of nitrogens with zero attached hydrogens (tertiary/aromatic N) is 2. The number of amides is 2. The molecule has 1 N–H and O–H groups in total. The fourth-order valence-corrected chi connectivity index (χ4v) is 5.01. The van der Waals surface area contributed by atoms with Gasteiger partial charge in [0.2, 0.25) is 5.91 Å². The van der Waals surface area contributed by atoms with E-state index >= 15 is 0 Å². The van der Waals surface area contributed by atoms with Crippen LogP contribution in [0.2, 0.25) is 0 Å². The maximum Gasteiger partial charge on any atom is 0.254 e. The van der Waals surface area contributed by atoms with Crippen LogP contribution in [0.15, 0.2) is 79.0 Å². The number of aromatic amines is 1. The van der Waals surface area contributed by atoms with Gasteiger partial charge in [-0.05, 0) is 60.1 Å². The molecule has 2 amide bonds. The van der Waals surface area contributed by atoms with E-state index in [0.717, 1.165) is 16.6 Å². The van der Waals surface area contributed by atoms with Crippen LogP contribution < -0.4 is 0 Å². The molecule has 41 heavy (non-hydrogen) atoms. The highest BCUT2D eigenvalue weighted by atomic mass is 16.5. The van der Waals surface area contributed by atoms with Crippen LogP contribution in [0.1, 0.15) is 59.8 Å². The van der Waals surface area contributed by atoms with Crippen molar-refractivity contribution in [2.75, 3.05) is 33.4 Å². The van der Waals surface area contributed by atoms with Crippen molar-refractivity contribution in [2.45, 2.75) is 52.5 Å². The molecule has 6 heteroatoms. The molecule has 6 nitrogen and oxygen atoms in total. The monoisotopic (exact) mass is 553 g/mol. The number of H-pyrrole nitrogens is 1. The lowest BCUT2D eigenvalue weighted by atomic mass is 9.87. The molecule has 0 saturated carbocycles. The summed E-state index contributed by atoms with van der Waals surface area (Å²) in [6.45, 7) is 10.6. The highest BCUT2D eigenvalue weighted by Gasteiger charge is 2.23. The van der Waals surface area contributed by atoms with E-state index in [-0.39, 0.29) is 23.8 Å². The number of hydrogen-bond donors (Lipinski definition) is 1. The van der Waals surface area contributed by atoms with Crippen molar-refractivity contribution in [3.8, 4) is 0 Å². The van der Waals surface area contributed by atoms with Crippen LogP contribution in [0.25, 0.3) is 10.9 Å². The third-order valence-electron chi connectivity index (χ3n) is 7.56. The lowest BCUT2D eigenvalue weighted by molar-refractivity contribution is -0.132. The van der Waals surface area contributed by atoms with Crippen LogP contribution >= 0.6 is 0 Å². The van der Waals surface area contributed by atoms with Gasteiger partial charge in [-0.25, -0.2) is 0 Å². The summed E-state index contributed by atoms with van der Waals surface area (Å²) in [5.74, 6) is -0.205. The fraction of sp³-hybridized carbons (Fsp3) is 0.371. The van der Waals surface area contributed by atoms with Gasteiger partial charge >= 0.3 is 0 Å². The van der Waals surface area contributed by atoms with Gasteiger partial charge in [0.15, 0.2) is 0 Å². The van der Waals surface area contributed by atoms with Gasteiger partial charge in [-0.2, -0.15) is 0 Å². The SMILES string of the molecule is COCCCN(CC(=O)N(CCc1c[nH]c2ccccc12)Cc1ccc(C(C)(C)C)cc1)C(=O)c1ccc(C)cc1. The summed E-state index contributed by atoms with van der Waals surface area (Å²) in [6, 6.07) is 24.3. The lowest BCUT2D eigenvalue weighted by Crippen LogP contribution is -2.44. The van der Waals surface area contributed by atoms with Crippen LogP contribution in [0.4, 0.5) is 0 Å². The average molecular weight is 554 g/mol. The zero-order chi connectivity index (χ0) is 29.4. The molecule has 0 atom stereocenters. The minimum atomic E-state index is -0.138. The van der Waals surface area contributed by atoms with Crippen LogP contribution in [0, 0.1) is 6.92 Å². The van der Waals surface area contributed by atoms with Gasteiger partial charge in [0, 0.05) is 56.0 Å². The molecular formula is C35H43N3O3. The molecule has 0 saturated heterocycles. The van der Waals surface area contributed by atoms with Crippen molar-refractivity contribution in [3.63, 3.8) is 0 Å². The largest absolute Gasteiger partial charge is 0.385 e. The van der Waals surface area contributed by atoms with E-state index < -0.39 is 0 Å². The van der Waals surface area contributed by atoms with Crippen LogP contribution in [-0.2, 0) is 27.9 Å². The number of benzene rings is 3. The summed E-state index contributed by atoms with van der Waals surface area (Å²) in [4.78, 5) is 34.3. The Labute approximate surface area is 244 Å². The normalized spacial score (nSPS) is 11.5. The van der Waals surface area contributed by atoms with Crippen molar-refractivity contribution >= 4 is 22.7 Å². The van der Waals surface area contributed by atoms with E-state index in [1.807, 2.05) is 54.4 Å². The molecule has 0 aliphatic heterocycles. The van der Waals surface area contributed by atoms with Crippen molar-refractivity contribution in [1.82, 2.24) is 14.8 Å². The Kier molecular flexibility index (Phi) is 10.0. The number of ether oxygens (including phenoxy) is 1. The molecule has 4 aromatic rings. The predicted octanol–water partition coefficient (Wildman–Crippen LogP) is 6.52. The zero-order valence-corrected chi connectivity index (χ0v) is 25.1. The number of fused-ring (bicyclic) bond motifs is 1. The number of methoxy groups -OCH3 is 1. The van der Waals surface area contributed by atoms with Crippen molar-refractivity contribution in [3.05, 3.63) is 107 Å². The molecule has 0 bridgehead atoms. The molecule has 0 spiro atoms. The van der Waals surface area contributed by atoms with E-state index in [9.17, 15) is 9.59 Å². The third-order valence-corrected chi connectivity index (χ3v) is 7.56. The topological polar surface area (TPSA) is 65.6 Å². The van der Waals surface area contributed by atoms with Gasteiger partial charge in [0.05, 0.1) is 0 Å². The molecule has 0 fully saturated rings. The van der Waals surface area contributed by atoms with Crippen LogP contribution in [0.5, 0.6) is 0 Å². The maximum absolute atomic E-state index is 13.9. The van der Waals surface area contributed by atoms with Gasteiger partial charge < -0.3 is 19.5 Å². The van der Waals surface area contributed by atoms with E-state index in [1.165, 1.54) is 16.5 Å². The van der Waals surface area contributed by atoms with Gasteiger partial charge in [0.1, 0.15) is 6.54 Å². The molecule has 1 heterocycles. The molecular weight excluding hydrogens is 510 g/mol. The maximum atomic E-state index is 13.9. The smallest absolute Gasteiger partial charge is 0.254 e. The van der Waals surface area contributed by atoms with Crippen molar-refractivity contribution in [2.24, 2.45) is 0 Å². The zero-order valence-electron chi connectivity index (χ0n) is 25.1. The predicted molar refractivity (Wildman–Crippen MR) is 166 cm³/mol. The van der Waals surface area contributed by atoms with Crippen molar-refractivity contribution < 1.29 is 14.3 Å². The fourth-order valence-electron chi connectivity index (χ4n) is 5.01. The Hall–Kier alpha value is -3.90. The summed E-state index contributed by atoms with van der Waals surface area (Å²) in [7, 11) is 1.65.